The van der Waals surface area contributed by atoms with Crippen LogP contribution in [0, 0.1) is 0 Å². The minimum atomic E-state index is 0.416. The number of ether oxygens (including phenoxy) is 1. The molecule has 1 heterocycles. The predicted molar refractivity (Wildman–Crippen MR) is 36.3 cm³/mol. The van der Waals surface area contributed by atoms with Crippen LogP contribution in [0.2, 0.25) is 0 Å². The van der Waals surface area contributed by atoms with Crippen molar-refractivity contribution >= 4 is 0 Å². The molecule has 0 aromatic heterocycles. The van der Waals surface area contributed by atoms with Crippen LogP contribution in [0.25, 0.3) is 0 Å². The smallest absolute Gasteiger partial charge is 0.0834 e. The number of morpholine rings is 1. The van der Waals surface area contributed by atoms with Crippen molar-refractivity contribution in [3.8, 4) is 0 Å². The molecule has 1 saturated heterocycles. The number of hydrogen-bond donors (Lipinski definition) is 1. The van der Waals surface area contributed by atoms with Crippen LogP contribution in [0.4, 0.5) is 0 Å². The van der Waals surface area contributed by atoms with Crippen LogP contribution in [-0.2, 0) is 4.74 Å². The molecular formula is C6H14N2O. The summed E-state index contributed by atoms with van der Waals surface area (Å²) < 4.78 is 5.24. The Bertz CT molecular complexity index is 79.1. The van der Waals surface area contributed by atoms with Crippen LogP contribution >= 0.6 is 0 Å². The van der Waals surface area contributed by atoms with E-state index in [0.29, 0.717) is 6.17 Å². The van der Waals surface area contributed by atoms with E-state index in [9.17, 15) is 0 Å². The maximum absolute atomic E-state index is 5.24. The first-order chi connectivity index (χ1) is 4.30. The maximum atomic E-state index is 5.24. The molecule has 1 fully saturated rings. The van der Waals surface area contributed by atoms with Gasteiger partial charge in [0.1, 0.15) is 0 Å². The number of nitrogens with one attached hydrogen (secondary N) is 1. The molecule has 1 atom stereocenters. The predicted octanol–water partition coefficient (Wildman–Crippen LogP) is -0.506. The van der Waals surface area contributed by atoms with Crippen LogP contribution in [0.3, 0.4) is 0 Å². The van der Waals surface area contributed by atoms with Crippen molar-refractivity contribution in [3.05, 3.63) is 0 Å². The lowest BCUT2D eigenvalue weighted by Gasteiger charge is -2.28. The third kappa shape index (κ3) is 1.93. The zero-order chi connectivity index (χ0) is 6.69. The summed E-state index contributed by atoms with van der Waals surface area (Å²) in [5, 5.41) is 3.32. The molecule has 0 radical (unpaired) electrons. The highest BCUT2D eigenvalue weighted by molar-refractivity contribution is 4.66. The third-order valence-electron chi connectivity index (χ3n) is 1.53. The topological polar surface area (TPSA) is 24.5 Å². The van der Waals surface area contributed by atoms with Gasteiger partial charge in [-0.1, -0.05) is 0 Å². The van der Waals surface area contributed by atoms with E-state index in [4.69, 9.17) is 4.74 Å². The minimum Gasteiger partial charge on any atom is -0.377 e. The maximum Gasteiger partial charge on any atom is 0.0834 e. The average Bonchev–Trinajstić information content (AvgIpc) is 1.90. The number of rotatable bonds is 1. The zero-order valence-corrected chi connectivity index (χ0v) is 6.05. The van der Waals surface area contributed by atoms with Gasteiger partial charge in [0.15, 0.2) is 0 Å². The first-order valence-corrected chi connectivity index (χ1v) is 3.28. The molecule has 0 bridgehead atoms. The molecule has 0 aromatic rings. The van der Waals surface area contributed by atoms with Gasteiger partial charge in [0.05, 0.1) is 19.4 Å². The monoisotopic (exact) mass is 130 g/mol. The van der Waals surface area contributed by atoms with Gasteiger partial charge in [0.25, 0.3) is 0 Å². The molecule has 0 aromatic carbocycles. The number of nitrogens with zero attached hydrogens (tertiary/aromatic N) is 1. The summed E-state index contributed by atoms with van der Waals surface area (Å²) >= 11 is 0. The van der Waals surface area contributed by atoms with Crippen molar-refractivity contribution in [3.63, 3.8) is 0 Å². The molecule has 54 valence electrons. The largest absolute Gasteiger partial charge is 0.377 e. The molecule has 0 spiro atoms. The van der Waals surface area contributed by atoms with Gasteiger partial charge in [-0.25, -0.2) is 0 Å². The van der Waals surface area contributed by atoms with Gasteiger partial charge in [0.2, 0.25) is 0 Å². The summed E-state index contributed by atoms with van der Waals surface area (Å²) in [5.41, 5.74) is 0. The molecule has 1 aliphatic rings. The van der Waals surface area contributed by atoms with Crippen molar-refractivity contribution in [2.24, 2.45) is 0 Å². The normalized spacial score (nSPS) is 29.0. The lowest BCUT2D eigenvalue weighted by molar-refractivity contribution is 0.0284. The second-order valence-corrected chi connectivity index (χ2v) is 2.51. The van der Waals surface area contributed by atoms with E-state index in [0.717, 1.165) is 19.8 Å². The molecule has 1 rings (SSSR count). The second-order valence-electron chi connectivity index (χ2n) is 2.51. The fourth-order valence-corrected chi connectivity index (χ4v) is 0.883. The van der Waals surface area contributed by atoms with Crippen LogP contribution in [0.1, 0.15) is 0 Å². The van der Waals surface area contributed by atoms with Gasteiger partial charge in [0, 0.05) is 6.54 Å². The highest BCUT2D eigenvalue weighted by Gasteiger charge is 2.13. The lowest BCUT2D eigenvalue weighted by atomic mass is 10.4. The fourth-order valence-electron chi connectivity index (χ4n) is 0.883. The Hall–Kier alpha value is -0.120. The van der Waals surface area contributed by atoms with Crippen LogP contribution in [-0.4, -0.2) is 44.9 Å². The van der Waals surface area contributed by atoms with Crippen LogP contribution < -0.4 is 5.32 Å². The van der Waals surface area contributed by atoms with Gasteiger partial charge in [-0.15, -0.1) is 0 Å². The standard InChI is InChI=1S/C6H14N2O/c1-8(2)6-5-9-4-3-7-6/h6-7H,3-5H2,1-2H3/t6-/m1/s1. The Morgan fingerprint density at radius 2 is 2.33 bits per heavy atom. The zero-order valence-electron chi connectivity index (χ0n) is 6.05. The second kappa shape index (κ2) is 3.15. The summed E-state index contributed by atoms with van der Waals surface area (Å²) in [6.45, 7) is 2.64. The van der Waals surface area contributed by atoms with E-state index in [1.165, 1.54) is 0 Å². The Balaban J connectivity index is 2.23. The summed E-state index contributed by atoms with van der Waals surface area (Å²) in [4.78, 5) is 2.12. The molecule has 3 heteroatoms. The van der Waals surface area contributed by atoms with E-state index in [-0.39, 0.29) is 0 Å². The Labute approximate surface area is 56.0 Å². The molecule has 0 unspecified atom stereocenters. The Morgan fingerprint density at radius 1 is 1.56 bits per heavy atom. The van der Waals surface area contributed by atoms with Crippen molar-refractivity contribution in [2.45, 2.75) is 6.17 Å². The van der Waals surface area contributed by atoms with E-state index in [1.807, 2.05) is 14.1 Å². The first-order valence-electron chi connectivity index (χ1n) is 3.28. The van der Waals surface area contributed by atoms with Crippen LogP contribution in [0.5, 0.6) is 0 Å². The van der Waals surface area contributed by atoms with E-state index in [2.05, 4.69) is 10.2 Å². The van der Waals surface area contributed by atoms with Crippen molar-refractivity contribution in [1.29, 1.82) is 0 Å². The summed E-state index contributed by atoms with van der Waals surface area (Å²) in [6, 6.07) is 0. The Morgan fingerprint density at radius 3 is 2.67 bits per heavy atom. The lowest BCUT2D eigenvalue weighted by Crippen LogP contribution is -2.49. The molecule has 3 nitrogen and oxygen atoms in total. The van der Waals surface area contributed by atoms with Gasteiger partial charge in [-0.05, 0) is 14.1 Å². The molecule has 0 saturated carbocycles. The highest BCUT2D eigenvalue weighted by Crippen LogP contribution is 1.94. The number of hydrogen-bond acceptors (Lipinski definition) is 3. The fraction of sp³-hybridized carbons (Fsp3) is 1.00. The average molecular weight is 130 g/mol. The van der Waals surface area contributed by atoms with Gasteiger partial charge in [-0.3, -0.25) is 10.2 Å². The quantitative estimate of drug-likeness (QED) is 0.517. The SMILES string of the molecule is CN(C)[C@@H]1COCCN1. The molecule has 1 aliphatic heterocycles. The summed E-state index contributed by atoms with van der Waals surface area (Å²) in [7, 11) is 4.10. The molecular weight excluding hydrogens is 116 g/mol. The molecule has 0 aliphatic carbocycles. The van der Waals surface area contributed by atoms with Gasteiger partial charge >= 0.3 is 0 Å². The van der Waals surface area contributed by atoms with E-state index < -0.39 is 0 Å². The molecule has 1 N–H and O–H groups in total. The van der Waals surface area contributed by atoms with Crippen LogP contribution in [0.15, 0.2) is 0 Å². The first kappa shape index (κ1) is 6.99. The van der Waals surface area contributed by atoms with Crippen molar-refractivity contribution < 1.29 is 4.74 Å². The van der Waals surface area contributed by atoms with Gasteiger partial charge < -0.3 is 4.74 Å². The van der Waals surface area contributed by atoms with E-state index >= 15 is 0 Å². The molecule has 0 amide bonds. The van der Waals surface area contributed by atoms with Gasteiger partial charge in [-0.2, -0.15) is 0 Å². The third-order valence-corrected chi connectivity index (χ3v) is 1.53. The molecule has 9 heavy (non-hydrogen) atoms. The Kier molecular flexibility index (Phi) is 2.45. The highest BCUT2D eigenvalue weighted by atomic mass is 16.5. The van der Waals surface area contributed by atoms with E-state index in [1.54, 1.807) is 0 Å². The summed E-state index contributed by atoms with van der Waals surface area (Å²) in [6.07, 6.45) is 0.416. The minimum absolute atomic E-state index is 0.416. The van der Waals surface area contributed by atoms with Crippen molar-refractivity contribution in [1.82, 2.24) is 10.2 Å². The van der Waals surface area contributed by atoms with Crippen molar-refractivity contribution in [2.75, 3.05) is 33.9 Å². The summed E-state index contributed by atoms with van der Waals surface area (Å²) in [5.74, 6) is 0. The number of likely N-dealkylation sites (N-methyl/N-ethyl adjacent to an activating group) is 1.